The van der Waals surface area contributed by atoms with Crippen LogP contribution in [0.1, 0.15) is 34.8 Å². The van der Waals surface area contributed by atoms with E-state index in [0.29, 0.717) is 43.8 Å². The number of alkyl halides is 3. The summed E-state index contributed by atoms with van der Waals surface area (Å²) in [5.74, 6) is -0.986. The number of carbonyl (C=O) groups is 1. The lowest BCUT2D eigenvalue weighted by atomic mass is 9.87. The van der Waals surface area contributed by atoms with Crippen molar-refractivity contribution in [1.82, 2.24) is 14.9 Å². The maximum absolute atomic E-state index is 12.6. The molecule has 7 nitrogen and oxygen atoms in total. The Morgan fingerprint density at radius 1 is 1.06 bits per heavy atom. The summed E-state index contributed by atoms with van der Waals surface area (Å²) in [6, 6.07) is 12.6. The van der Waals surface area contributed by atoms with Crippen LogP contribution in [0.2, 0.25) is 0 Å². The van der Waals surface area contributed by atoms with Crippen molar-refractivity contribution in [3.05, 3.63) is 53.7 Å². The molecule has 2 fully saturated rings. The predicted molar refractivity (Wildman–Crippen MR) is 127 cm³/mol. The van der Waals surface area contributed by atoms with Crippen molar-refractivity contribution in [3.63, 3.8) is 0 Å². The Kier molecular flexibility index (Phi) is 5.89. The number of hydrogen-bond acceptors (Lipinski definition) is 6. The quantitative estimate of drug-likeness (QED) is 0.556. The third-order valence-corrected chi connectivity index (χ3v) is 7.05. The number of carbonyl (C=O) groups excluding carboxylic acids is 1. The van der Waals surface area contributed by atoms with Crippen LogP contribution in [0.3, 0.4) is 0 Å². The first-order valence-electron chi connectivity index (χ1n) is 11.6. The molecule has 1 aliphatic heterocycles. The maximum Gasteiger partial charge on any atom is 0.454 e. The van der Waals surface area contributed by atoms with Gasteiger partial charge < -0.3 is 19.7 Å². The highest BCUT2D eigenvalue weighted by atomic mass is 19.4. The van der Waals surface area contributed by atoms with E-state index in [1.807, 2.05) is 25.4 Å². The van der Waals surface area contributed by atoms with Gasteiger partial charge in [-0.25, -0.2) is 4.98 Å². The van der Waals surface area contributed by atoms with E-state index in [1.165, 1.54) is 12.1 Å². The van der Waals surface area contributed by atoms with E-state index in [1.54, 1.807) is 12.1 Å². The molecule has 0 radical (unpaired) electrons. The third kappa shape index (κ3) is 4.32. The topological polar surface area (TPSA) is 77.2 Å². The van der Waals surface area contributed by atoms with E-state index in [2.05, 4.69) is 25.8 Å². The summed E-state index contributed by atoms with van der Waals surface area (Å²) in [7, 11) is 1.96. The Balaban J connectivity index is 1.29. The Hall–Kier alpha value is -3.58. The molecular weight excluding hydrogens is 457 g/mol. The lowest BCUT2D eigenvalue weighted by Gasteiger charge is -2.37. The van der Waals surface area contributed by atoms with Gasteiger partial charge in [-0.05, 0) is 56.3 Å². The van der Waals surface area contributed by atoms with Crippen molar-refractivity contribution in [3.8, 4) is 6.07 Å². The van der Waals surface area contributed by atoms with Crippen molar-refractivity contribution in [1.29, 1.82) is 5.26 Å². The summed E-state index contributed by atoms with van der Waals surface area (Å²) in [6.07, 6.45) is -0.961. The smallest absolute Gasteiger partial charge is 0.368 e. The highest BCUT2D eigenvalue weighted by molar-refractivity contribution is 6.00. The van der Waals surface area contributed by atoms with Crippen molar-refractivity contribution < 1.29 is 18.0 Å². The molecule has 0 atom stereocenters. The van der Waals surface area contributed by atoms with E-state index in [0.717, 1.165) is 35.4 Å². The monoisotopic (exact) mass is 482 g/mol. The summed E-state index contributed by atoms with van der Waals surface area (Å²) in [5.41, 5.74) is 1.88. The standard InChI is InChI=1S/C25H25F3N6O/c1-30-18-12-20(13-18)34-15-17(14-29)21-6-7-22(31-24(21)34)33-10-8-32(9-11-33)19-4-2-16(3-5-19)23(35)25(26,27)28/h2-7,15,18,20,30H,8-13H2,1H3/t18-,20-. The Bertz CT molecular complexity index is 1280. The van der Waals surface area contributed by atoms with Crippen LogP contribution in [0.5, 0.6) is 0 Å². The molecule has 0 unspecified atom stereocenters. The van der Waals surface area contributed by atoms with Gasteiger partial charge in [-0.15, -0.1) is 0 Å². The van der Waals surface area contributed by atoms with Crippen LogP contribution in [0.4, 0.5) is 24.7 Å². The van der Waals surface area contributed by atoms with E-state index in [9.17, 15) is 23.2 Å². The Morgan fingerprint density at radius 3 is 2.31 bits per heavy atom. The maximum atomic E-state index is 12.6. The molecule has 35 heavy (non-hydrogen) atoms. The zero-order chi connectivity index (χ0) is 24.7. The number of ketones is 1. The first kappa shape index (κ1) is 23.2. The fourth-order valence-corrected chi connectivity index (χ4v) is 4.89. The molecule has 1 saturated carbocycles. The number of pyridine rings is 1. The van der Waals surface area contributed by atoms with Crippen molar-refractivity contribution in [2.75, 3.05) is 43.0 Å². The number of halogens is 3. The normalized spacial score (nSPS) is 20.5. The Morgan fingerprint density at radius 2 is 1.71 bits per heavy atom. The van der Waals surface area contributed by atoms with Gasteiger partial charge in [0.25, 0.3) is 5.78 Å². The number of hydrogen-bond donors (Lipinski definition) is 1. The molecule has 0 amide bonds. The Labute approximate surface area is 200 Å². The van der Waals surface area contributed by atoms with Crippen LogP contribution in [-0.2, 0) is 0 Å². The second-order valence-corrected chi connectivity index (χ2v) is 9.06. The number of nitrogens with zero attached hydrogens (tertiary/aromatic N) is 5. The van der Waals surface area contributed by atoms with Crippen molar-refractivity contribution in [2.24, 2.45) is 0 Å². The molecular formula is C25H25F3N6O. The van der Waals surface area contributed by atoms with E-state index in [-0.39, 0.29) is 5.56 Å². The van der Waals surface area contributed by atoms with Gasteiger partial charge in [-0.2, -0.15) is 18.4 Å². The number of Topliss-reactive ketones (excluding diaryl/α,β-unsaturated/α-hetero) is 1. The van der Waals surface area contributed by atoms with Gasteiger partial charge >= 0.3 is 6.18 Å². The van der Waals surface area contributed by atoms with Crippen LogP contribution >= 0.6 is 0 Å². The highest BCUT2D eigenvalue weighted by Gasteiger charge is 2.39. The first-order valence-corrected chi connectivity index (χ1v) is 11.6. The number of fused-ring (bicyclic) bond motifs is 1. The summed E-state index contributed by atoms with van der Waals surface area (Å²) < 4.78 is 40.1. The average Bonchev–Trinajstić information content (AvgIpc) is 3.20. The molecule has 2 aliphatic rings. The highest BCUT2D eigenvalue weighted by Crippen LogP contribution is 2.36. The SMILES string of the molecule is CN[C@H]1C[C@H](n2cc(C#N)c3ccc(N4CCN(c5ccc(C(=O)C(F)(F)F)cc5)CC4)nc32)C1. The summed E-state index contributed by atoms with van der Waals surface area (Å²) in [6.45, 7) is 2.73. The van der Waals surface area contributed by atoms with E-state index in [4.69, 9.17) is 4.98 Å². The lowest BCUT2D eigenvalue weighted by molar-refractivity contribution is -0.0885. The fourth-order valence-electron chi connectivity index (χ4n) is 4.89. The van der Waals surface area contributed by atoms with E-state index < -0.39 is 12.0 Å². The molecule has 3 aromatic rings. The zero-order valence-corrected chi connectivity index (χ0v) is 19.2. The van der Waals surface area contributed by atoms with Crippen LogP contribution in [0.25, 0.3) is 11.0 Å². The molecule has 0 spiro atoms. The van der Waals surface area contributed by atoms with Crippen molar-refractivity contribution >= 4 is 28.3 Å². The second-order valence-electron chi connectivity index (χ2n) is 9.06. The third-order valence-electron chi connectivity index (χ3n) is 7.05. The zero-order valence-electron chi connectivity index (χ0n) is 19.2. The molecule has 1 aliphatic carbocycles. The minimum absolute atomic E-state index is 0.323. The summed E-state index contributed by atoms with van der Waals surface area (Å²) in [4.78, 5) is 20.6. The number of benzene rings is 1. The molecule has 1 aromatic carbocycles. The van der Waals surface area contributed by atoms with E-state index >= 15 is 0 Å². The number of piperazine rings is 1. The minimum atomic E-state index is -4.87. The molecule has 1 N–H and O–H groups in total. The molecule has 0 bridgehead atoms. The number of aromatic nitrogens is 2. The molecule has 2 aromatic heterocycles. The molecule has 1 saturated heterocycles. The average molecular weight is 483 g/mol. The molecule has 3 heterocycles. The minimum Gasteiger partial charge on any atom is -0.368 e. The summed E-state index contributed by atoms with van der Waals surface area (Å²) >= 11 is 0. The fraction of sp³-hybridized carbons (Fsp3) is 0.400. The van der Waals surface area contributed by atoms with Gasteiger partial charge in [0.2, 0.25) is 0 Å². The number of rotatable bonds is 5. The predicted octanol–water partition coefficient (Wildman–Crippen LogP) is 3.90. The number of nitriles is 1. The lowest BCUT2D eigenvalue weighted by Crippen LogP contribution is -2.46. The van der Waals surface area contributed by atoms with Crippen LogP contribution in [0.15, 0.2) is 42.6 Å². The summed E-state index contributed by atoms with van der Waals surface area (Å²) in [5, 5.41) is 13.7. The number of nitrogens with one attached hydrogen (secondary N) is 1. The van der Waals surface area contributed by atoms with Crippen LogP contribution in [-0.4, -0.2) is 60.8 Å². The molecule has 5 rings (SSSR count). The van der Waals surface area contributed by atoms with Gasteiger partial charge in [0.1, 0.15) is 17.5 Å². The molecule has 182 valence electrons. The molecule has 10 heteroatoms. The largest absolute Gasteiger partial charge is 0.454 e. The van der Waals surface area contributed by atoms with Gasteiger partial charge in [-0.1, -0.05) is 0 Å². The van der Waals surface area contributed by atoms with Gasteiger partial charge in [0.05, 0.1) is 5.56 Å². The van der Waals surface area contributed by atoms with Crippen molar-refractivity contribution in [2.45, 2.75) is 31.1 Å². The van der Waals surface area contributed by atoms with Gasteiger partial charge in [0.15, 0.2) is 0 Å². The van der Waals surface area contributed by atoms with Crippen LogP contribution in [0, 0.1) is 11.3 Å². The van der Waals surface area contributed by atoms with Crippen LogP contribution < -0.4 is 15.1 Å². The van der Waals surface area contributed by atoms with Gasteiger partial charge in [-0.3, -0.25) is 4.79 Å². The first-order chi connectivity index (χ1) is 16.8. The van der Waals surface area contributed by atoms with Gasteiger partial charge in [0, 0.05) is 61.1 Å². The second kappa shape index (κ2) is 8.89. The number of anilines is 2.